The van der Waals surface area contributed by atoms with Crippen LogP contribution in [0.15, 0.2) is 18.2 Å². The first-order valence-electron chi connectivity index (χ1n) is 7.20. The fraction of sp³-hybridized carbons (Fsp3) is 0.562. The molecule has 0 spiro atoms. The second kappa shape index (κ2) is 8.57. The topological polar surface area (TPSA) is 46.5 Å². The fourth-order valence-electron chi connectivity index (χ4n) is 2.31. The van der Waals surface area contributed by atoms with Crippen molar-refractivity contribution in [2.75, 3.05) is 0 Å². The minimum atomic E-state index is -1.24. The average Bonchev–Trinajstić information content (AvgIpc) is 2.37. The number of hydrogen-bond acceptors (Lipinski definition) is 2. The SMILES string of the molecule is CCCCCCc1cccc(OC(=O)O)c1CCC. The van der Waals surface area contributed by atoms with Crippen LogP contribution >= 0.6 is 0 Å². The molecule has 1 rings (SSSR count). The Hall–Kier alpha value is -1.51. The third kappa shape index (κ3) is 5.33. The molecule has 1 N–H and O–H groups in total. The van der Waals surface area contributed by atoms with Gasteiger partial charge in [0, 0.05) is 0 Å². The molecule has 0 saturated heterocycles. The Morgan fingerprint density at radius 2 is 1.89 bits per heavy atom. The molecule has 0 aliphatic rings. The van der Waals surface area contributed by atoms with E-state index in [1.165, 1.54) is 24.8 Å². The zero-order chi connectivity index (χ0) is 14.1. The first-order valence-corrected chi connectivity index (χ1v) is 7.20. The van der Waals surface area contributed by atoms with E-state index in [0.717, 1.165) is 31.2 Å². The number of benzene rings is 1. The Bertz CT molecular complexity index is 399. The van der Waals surface area contributed by atoms with E-state index in [0.29, 0.717) is 5.75 Å². The van der Waals surface area contributed by atoms with Crippen molar-refractivity contribution in [3.8, 4) is 5.75 Å². The minimum absolute atomic E-state index is 0.502. The molecule has 19 heavy (non-hydrogen) atoms. The van der Waals surface area contributed by atoms with Gasteiger partial charge in [-0.05, 0) is 36.5 Å². The second-order valence-corrected chi connectivity index (χ2v) is 4.82. The monoisotopic (exact) mass is 264 g/mol. The maximum Gasteiger partial charge on any atom is 0.511 e. The predicted molar refractivity (Wildman–Crippen MR) is 76.9 cm³/mol. The lowest BCUT2D eigenvalue weighted by Gasteiger charge is -2.13. The summed E-state index contributed by atoms with van der Waals surface area (Å²) in [6.45, 7) is 4.29. The van der Waals surface area contributed by atoms with Gasteiger partial charge in [0.1, 0.15) is 5.75 Å². The maximum absolute atomic E-state index is 10.7. The van der Waals surface area contributed by atoms with Crippen molar-refractivity contribution in [2.24, 2.45) is 0 Å². The maximum atomic E-state index is 10.7. The van der Waals surface area contributed by atoms with Crippen molar-refractivity contribution in [3.63, 3.8) is 0 Å². The Morgan fingerprint density at radius 1 is 1.11 bits per heavy atom. The molecule has 0 saturated carbocycles. The zero-order valence-corrected chi connectivity index (χ0v) is 11.9. The van der Waals surface area contributed by atoms with Gasteiger partial charge in [0.15, 0.2) is 0 Å². The summed E-state index contributed by atoms with van der Waals surface area (Å²) in [5.41, 5.74) is 2.29. The number of unbranched alkanes of at least 4 members (excludes halogenated alkanes) is 3. The average molecular weight is 264 g/mol. The number of aryl methyl sites for hydroxylation is 1. The lowest BCUT2D eigenvalue weighted by Crippen LogP contribution is -2.07. The molecule has 0 atom stereocenters. The number of carboxylic acid groups (broad SMARTS) is 1. The van der Waals surface area contributed by atoms with Gasteiger partial charge in [0.05, 0.1) is 0 Å². The summed E-state index contributed by atoms with van der Waals surface area (Å²) in [6, 6.07) is 5.72. The van der Waals surface area contributed by atoms with Crippen molar-refractivity contribution >= 4 is 6.16 Å². The van der Waals surface area contributed by atoms with E-state index in [-0.39, 0.29) is 0 Å². The van der Waals surface area contributed by atoms with E-state index in [4.69, 9.17) is 9.84 Å². The fourth-order valence-corrected chi connectivity index (χ4v) is 2.31. The van der Waals surface area contributed by atoms with E-state index in [1.54, 1.807) is 6.07 Å². The highest BCUT2D eigenvalue weighted by atomic mass is 16.7. The summed E-state index contributed by atoms with van der Waals surface area (Å²) < 4.78 is 4.88. The number of carbonyl (C=O) groups is 1. The van der Waals surface area contributed by atoms with Crippen LogP contribution in [0.3, 0.4) is 0 Å². The molecule has 0 fully saturated rings. The zero-order valence-electron chi connectivity index (χ0n) is 11.9. The summed E-state index contributed by atoms with van der Waals surface area (Å²) >= 11 is 0. The molecular formula is C16H24O3. The molecule has 0 aliphatic heterocycles. The summed E-state index contributed by atoms with van der Waals surface area (Å²) in [4.78, 5) is 10.7. The molecule has 1 aromatic rings. The molecule has 3 nitrogen and oxygen atoms in total. The summed E-state index contributed by atoms with van der Waals surface area (Å²) in [6.07, 6.45) is 6.49. The van der Waals surface area contributed by atoms with Crippen LogP contribution in [-0.4, -0.2) is 11.3 Å². The van der Waals surface area contributed by atoms with E-state index >= 15 is 0 Å². The molecule has 0 amide bonds. The lowest BCUT2D eigenvalue weighted by atomic mass is 9.97. The molecule has 3 heteroatoms. The molecule has 0 bridgehead atoms. The Labute approximate surface area is 115 Å². The van der Waals surface area contributed by atoms with Crippen LogP contribution in [-0.2, 0) is 12.8 Å². The van der Waals surface area contributed by atoms with Crippen LogP contribution in [0, 0.1) is 0 Å². The van der Waals surface area contributed by atoms with Gasteiger partial charge in [-0.25, -0.2) is 4.79 Å². The van der Waals surface area contributed by atoms with Crippen LogP contribution in [0.4, 0.5) is 4.79 Å². The standard InChI is InChI=1S/C16H24O3/c1-3-5-6-7-10-13-11-8-12-15(19-16(17)18)14(13)9-4-2/h8,11-12H,3-7,9-10H2,1-2H3,(H,17,18). The van der Waals surface area contributed by atoms with Crippen LogP contribution < -0.4 is 4.74 Å². The lowest BCUT2D eigenvalue weighted by molar-refractivity contribution is 0.144. The first kappa shape index (κ1) is 15.5. The highest BCUT2D eigenvalue weighted by Crippen LogP contribution is 2.26. The van der Waals surface area contributed by atoms with Crippen LogP contribution in [0.2, 0.25) is 0 Å². The molecule has 106 valence electrons. The van der Waals surface area contributed by atoms with Gasteiger partial charge in [-0.15, -0.1) is 0 Å². The van der Waals surface area contributed by atoms with Crippen molar-refractivity contribution < 1.29 is 14.6 Å². The van der Waals surface area contributed by atoms with E-state index in [1.807, 2.05) is 6.07 Å². The molecule has 0 aliphatic carbocycles. The molecular weight excluding hydrogens is 240 g/mol. The predicted octanol–water partition coefficient (Wildman–Crippen LogP) is 4.82. The van der Waals surface area contributed by atoms with Gasteiger partial charge in [0.25, 0.3) is 0 Å². The Balaban J connectivity index is 2.79. The molecule has 0 unspecified atom stereocenters. The molecule has 0 heterocycles. The molecule has 0 radical (unpaired) electrons. The largest absolute Gasteiger partial charge is 0.511 e. The second-order valence-electron chi connectivity index (χ2n) is 4.82. The van der Waals surface area contributed by atoms with Crippen molar-refractivity contribution in [1.29, 1.82) is 0 Å². The number of rotatable bonds is 8. The van der Waals surface area contributed by atoms with Crippen LogP contribution in [0.25, 0.3) is 0 Å². The quantitative estimate of drug-likeness (QED) is 0.416. The van der Waals surface area contributed by atoms with Crippen LogP contribution in [0.1, 0.15) is 57.1 Å². The summed E-state index contributed by atoms with van der Waals surface area (Å²) in [5.74, 6) is 0.502. The first-order chi connectivity index (χ1) is 9.19. The van der Waals surface area contributed by atoms with Crippen molar-refractivity contribution in [1.82, 2.24) is 0 Å². The normalized spacial score (nSPS) is 10.4. The van der Waals surface area contributed by atoms with Gasteiger partial charge >= 0.3 is 6.16 Å². The van der Waals surface area contributed by atoms with Crippen molar-refractivity contribution in [2.45, 2.75) is 58.8 Å². The van der Waals surface area contributed by atoms with Gasteiger partial charge in [-0.1, -0.05) is 51.7 Å². The Morgan fingerprint density at radius 3 is 2.53 bits per heavy atom. The third-order valence-electron chi connectivity index (χ3n) is 3.23. The van der Waals surface area contributed by atoms with E-state index < -0.39 is 6.16 Å². The van der Waals surface area contributed by atoms with Gasteiger partial charge in [0.2, 0.25) is 0 Å². The smallest absolute Gasteiger partial charge is 0.449 e. The van der Waals surface area contributed by atoms with Gasteiger partial charge in [-0.2, -0.15) is 0 Å². The Kier molecular flexibility index (Phi) is 7.01. The van der Waals surface area contributed by atoms with Crippen LogP contribution in [0.5, 0.6) is 5.75 Å². The van der Waals surface area contributed by atoms with E-state index in [2.05, 4.69) is 19.9 Å². The summed E-state index contributed by atoms with van der Waals surface area (Å²) in [7, 11) is 0. The molecule has 1 aromatic carbocycles. The van der Waals surface area contributed by atoms with Gasteiger partial charge < -0.3 is 9.84 Å². The highest BCUT2D eigenvalue weighted by Gasteiger charge is 2.11. The number of hydrogen-bond donors (Lipinski definition) is 1. The van der Waals surface area contributed by atoms with Gasteiger partial charge in [-0.3, -0.25) is 0 Å². The minimum Gasteiger partial charge on any atom is -0.449 e. The highest BCUT2D eigenvalue weighted by molar-refractivity contribution is 5.62. The molecule has 0 aromatic heterocycles. The number of ether oxygens (including phenoxy) is 1. The summed E-state index contributed by atoms with van der Waals surface area (Å²) in [5, 5.41) is 8.77. The van der Waals surface area contributed by atoms with E-state index in [9.17, 15) is 4.79 Å². The van der Waals surface area contributed by atoms with Crippen molar-refractivity contribution in [3.05, 3.63) is 29.3 Å². The third-order valence-corrected chi connectivity index (χ3v) is 3.23.